The van der Waals surface area contributed by atoms with Crippen LogP contribution in [-0.2, 0) is 4.79 Å². The van der Waals surface area contributed by atoms with E-state index >= 15 is 0 Å². The lowest BCUT2D eigenvalue weighted by atomic mass is 9.91. The van der Waals surface area contributed by atoms with Crippen molar-refractivity contribution in [2.45, 2.75) is 38.5 Å². The van der Waals surface area contributed by atoms with Gasteiger partial charge in [0.05, 0.1) is 10.5 Å². The first-order chi connectivity index (χ1) is 9.10. The van der Waals surface area contributed by atoms with Crippen LogP contribution in [0.3, 0.4) is 0 Å². The van der Waals surface area contributed by atoms with E-state index in [2.05, 4.69) is 0 Å². The van der Waals surface area contributed by atoms with Gasteiger partial charge in [-0.2, -0.15) is 0 Å². The number of halogens is 3. The highest BCUT2D eigenvalue weighted by molar-refractivity contribution is 8.13. The number of rotatable bonds is 4. The molecule has 0 aliphatic heterocycles. The zero-order valence-electron chi connectivity index (χ0n) is 11.4. The molecule has 0 N–H and O–H groups in total. The summed E-state index contributed by atoms with van der Waals surface area (Å²) in [5.74, 6) is -1.91. The Morgan fingerprint density at radius 1 is 1.20 bits per heavy atom. The van der Waals surface area contributed by atoms with Crippen molar-refractivity contribution in [3.8, 4) is 0 Å². The Kier molecular flexibility index (Phi) is 5.71. The van der Waals surface area contributed by atoms with Gasteiger partial charge in [0.15, 0.2) is 5.12 Å². The van der Waals surface area contributed by atoms with Crippen molar-refractivity contribution < 1.29 is 18.4 Å². The van der Waals surface area contributed by atoms with Crippen molar-refractivity contribution >= 4 is 33.7 Å². The van der Waals surface area contributed by atoms with Crippen molar-refractivity contribution in [2.75, 3.05) is 0 Å². The fraction of sp³-hybridized carbons (Fsp3) is 0.429. The van der Waals surface area contributed by atoms with E-state index in [0.717, 1.165) is 6.07 Å². The van der Waals surface area contributed by atoms with Crippen LogP contribution in [0.15, 0.2) is 17.0 Å². The van der Waals surface area contributed by atoms with Gasteiger partial charge in [-0.25, -0.2) is 8.78 Å². The SMILES string of the molecule is CC(C)(C)CCC(=O)Sc1cc(C(=O)Cl)c(F)cc1F. The Labute approximate surface area is 125 Å². The molecule has 0 bridgehead atoms. The van der Waals surface area contributed by atoms with Crippen LogP contribution in [-0.4, -0.2) is 10.4 Å². The van der Waals surface area contributed by atoms with Gasteiger partial charge in [-0.05, 0) is 41.3 Å². The summed E-state index contributed by atoms with van der Waals surface area (Å²) in [5.41, 5.74) is -0.436. The molecule has 0 amide bonds. The molecule has 0 fully saturated rings. The fourth-order valence-electron chi connectivity index (χ4n) is 1.41. The van der Waals surface area contributed by atoms with Crippen LogP contribution in [0.4, 0.5) is 8.78 Å². The van der Waals surface area contributed by atoms with Gasteiger partial charge in [-0.15, -0.1) is 0 Å². The maximum Gasteiger partial charge on any atom is 0.255 e. The van der Waals surface area contributed by atoms with Crippen molar-refractivity contribution in [2.24, 2.45) is 5.41 Å². The molecule has 1 aromatic carbocycles. The van der Waals surface area contributed by atoms with Gasteiger partial charge < -0.3 is 0 Å². The van der Waals surface area contributed by atoms with Crippen molar-refractivity contribution in [3.63, 3.8) is 0 Å². The van der Waals surface area contributed by atoms with Crippen LogP contribution >= 0.6 is 23.4 Å². The minimum absolute atomic E-state index is 0.00513. The van der Waals surface area contributed by atoms with E-state index in [1.807, 2.05) is 20.8 Å². The first-order valence-corrected chi connectivity index (χ1v) is 7.19. The standard InChI is InChI=1S/C14H15ClF2O2S/c1-14(2,3)5-4-12(18)20-11-6-8(13(15)19)9(16)7-10(11)17/h6-7H,4-5H2,1-3H3. The maximum absolute atomic E-state index is 13.6. The molecule has 0 aliphatic carbocycles. The molecule has 0 spiro atoms. The lowest BCUT2D eigenvalue weighted by Gasteiger charge is -2.16. The molecule has 110 valence electrons. The van der Waals surface area contributed by atoms with Gasteiger partial charge >= 0.3 is 0 Å². The van der Waals surface area contributed by atoms with Gasteiger partial charge in [-0.3, -0.25) is 9.59 Å². The van der Waals surface area contributed by atoms with Crippen LogP contribution in [0.2, 0.25) is 0 Å². The topological polar surface area (TPSA) is 34.1 Å². The molecule has 1 aromatic rings. The summed E-state index contributed by atoms with van der Waals surface area (Å²) >= 11 is 5.85. The molecule has 0 heterocycles. The fourth-order valence-corrected chi connectivity index (χ4v) is 2.34. The summed E-state index contributed by atoms with van der Waals surface area (Å²) in [6.07, 6.45) is 0.929. The molecule has 0 saturated heterocycles. The summed E-state index contributed by atoms with van der Waals surface area (Å²) in [6, 6.07) is 1.54. The van der Waals surface area contributed by atoms with E-state index in [1.54, 1.807) is 0 Å². The molecule has 0 saturated carbocycles. The average molecular weight is 321 g/mol. The second-order valence-electron chi connectivity index (χ2n) is 5.57. The predicted octanol–water partition coefficient (Wildman–Crippen LogP) is 4.79. The lowest BCUT2D eigenvalue weighted by molar-refractivity contribution is -0.111. The summed E-state index contributed by atoms with van der Waals surface area (Å²) in [6.45, 7) is 5.98. The zero-order valence-corrected chi connectivity index (χ0v) is 13.0. The summed E-state index contributed by atoms with van der Waals surface area (Å²) < 4.78 is 26.8. The molecule has 0 aromatic heterocycles. The van der Waals surface area contributed by atoms with E-state index in [-0.39, 0.29) is 21.8 Å². The van der Waals surface area contributed by atoms with Gasteiger partial charge in [0, 0.05) is 12.5 Å². The van der Waals surface area contributed by atoms with Crippen LogP contribution < -0.4 is 0 Å². The summed E-state index contributed by atoms with van der Waals surface area (Å²) in [4.78, 5) is 22.7. The molecule has 6 heteroatoms. The van der Waals surface area contributed by atoms with Crippen molar-refractivity contribution in [3.05, 3.63) is 29.3 Å². The van der Waals surface area contributed by atoms with Crippen LogP contribution in [0.1, 0.15) is 44.0 Å². The molecule has 2 nitrogen and oxygen atoms in total. The Morgan fingerprint density at radius 2 is 1.80 bits per heavy atom. The molecule has 0 radical (unpaired) electrons. The van der Waals surface area contributed by atoms with E-state index in [0.29, 0.717) is 24.2 Å². The highest BCUT2D eigenvalue weighted by Gasteiger charge is 2.18. The Bertz CT molecular complexity index is 539. The van der Waals surface area contributed by atoms with E-state index < -0.39 is 22.4 Å². The number of thioether (sulfide) groups is 1. The maximum atomic E-state index is 13.6. The van der Waals surface area contributed by atoms with Crippen LogP contribution in [0.5, 0.6) is 0 Å². The number of benzene rings is 1. The van der Waals surface area contributed by atoms with Gasteiger partial charge in [0.1, 0.15) is 11.6 Å². The van der Waals surface area contributed by atoms with Crippen molar-refractivity contribution in [1.29, 1.82) is 0 Å². The monoisotopic (exact) mass is 320 g/mol. The predicted molar refractivity (Wildman–Crippen MR) is 76.1 cm³/mol. The number of carbonyl (C=O) groups excluding carboxylic acids is 2. The molecule has 0 aliphatic rings. The third-order valence-corrected chi connectivity index (χ3v) is 3.70. The van der Waals surface area contributed by atoms with Gasteiger partial charge in [-0.1, -0.05) is 20.8 Å². The molecule has 0 atom stereocenters. The number of carbonyl (C=O) groups is 2. The third-order valence-electron chi connectivity index (χ3n) is 2.54. The number of hydrogen-bond donors (Lipinski definition) is 0. The highest BCUT2D eigenvalue weighted by Crippen LogP contribution is 2.29. The van der Waals surface area contributed by atoms with Crippen LogP contribution in [0, 0.1) is 17.0 Å². The molecular formula is C14H15ClF2O2S. The Hall–Kier alpha value is -0.940. The largest absolute Gasteiger partial charge is 0.287 e. The Morgan fingerprint density at radius 3 is 2.30 bits per heavy atom. The highest BCUT2D eigenvalue weighted by atomic mass is 35.5. The second kappa shape index (κ2) is 6.68. The van der Waals surface area contributed by atoms with E-state index in [9.17, 15) is 18.4 Å². The quantitative estimate of drug-likeness (QED) is 0.591. The zero-order chi connectivity index (χ0) is 15.5. The van der Waals surface area contributed by atoms with Crippen molar-refractivity contribution in [1.82, 2.24) is 0 Å². The van der Waals surface area contributed by atoms with Crippen LogP contribution in [0.25, 0.3) is 0 Å². The minimum atomic E-state index is -1.03. The second-order valence-corrected chi connectivity index (χ2v) is 7.01. The normalized spacial score (nSPS) is 11.5. The molecular weight excluding hydrogens is 306 g/mol. The molecule has 1 rings (SSSR count). The molecule has 0 unspecified atom stereocenters. The first kappa shape index (κ1) is 17.1. The van der Waals surface area contributed by atoms with Gasteiger partial charge in [0.2, 0.25) is 0 Å². The molecule has 20 heavy (non-hydrogen) atoms. The van der Waals surface area contributed by atoms with E-state index in [4.69, 9.17) is 11.6 Å². The number of hydrogen-bond acceptors (Lipinski definition) is 3. The van der Waals surface area contributed by atoms with Gasteiger partial charge in [0.25, 0.3) is 5.24 Å². The lowest BCUT2D eigenvalue weighted by Crippen LogP contribution is -2.07. The summed E-state index contributed by atoms with van der Waals surface area (Å²) in [7, 11) is 0. The average Bonchev–Trinajstić information content (AvgIpc) is 2.28. The first-order valence-electron chi connectivity index (χ1n) is 6.00. The Balaban J connectivity index is 2.85. The third kappa shape index (κ3) is 5.21. The summed E-state index contributed by atoms with van der Waals surface area (Å²) in [5, 5.41) is -1.26. The minimum Gasteiger partial charge on any atom is -0.287 e. The van der Waals surface area contributed by atoms with E-state index in [1.165, 1.54) is 0 Å². The smallest absolute Gasteiger partial charge is 0.255 e.